The van der Waals surface area contributed by atoms with E-state index in [0.29, 0.717) is 11.6 Å². The van der Waals surface area contributed by atoms with Crippen LogP contribution in [0.1, 0.15) is 41.3 Å². The molecule has 3 aromatic rings. The van der Waals surface area contributed by atoms with Crippen molar-refractivity contribution in [3.8, 4) is 5.82 Å². The van der Waals surface area contributed by atoms with Gasteiger partial charge in [0, 0.05) is 18.5 Å². The molecule has 3 heterocycles. The number of aromatic nitrogens is 4. The third-order valence-electron chi connectivity index (χ3n) is 4.71. The van der Waals surface area contributed by atoms with Gasteiger partial charge in [-0.25, -0.2) is 4.98 Å². The van der Waals surface area contributed by atoms with Crippen LogP contribution in [0.15, 0.2) is 42.7 Å². The molecule has 1 N–H and O–H groups in total. The van der Waals surface area contributed by atoms with Gasteiger partial charge in [-0.2, -0.15) is 9.78 Å². The SMILES string of the molecule is Cc1ccnc(-n2nc(C)cc2NC(=O)C2CCCc3cccnc32)c1. The van der Waals surface area contributed by atoms with Gasteiger partial charge >= 0.3 is 0 Å². The average molecular weight is 347 g/mol. The summed E-state index contributed by atoms with van der Waals surface area (Å²) in [4.78, 5) is 21.8. The number of pyridine rings is 2. The number of hydrogen-bond acceptors (Lipinski definition) is 4. The number of carbonyl (C=O) groups is 1. The number of carbonyl (C=O) groups excluding carboxylic acids is 1. The van der Waals surface area contributed by atoms with Gasteiger partial charge in [-0.05, 0) is 62.4 Å². The maximum absolute atomic E-state index is 13.0. The van der Waals surface area contributed by atoms with Crippen LogP contribution in [0.5, 0.6) is 0 Å². The van der Waals surface area contributed by atoms with Crippen LogP contribution in [0.3, 0.4) is 0 Å². The van der Waals surface area contributed by atoms with E-state index in [2.05, 4.69) is 26.4 Å². The summed E-state index contributed by atoms with van der Waals surface area (Å²) < 4.78 is 1.68. The zero-order valence-corrected chi connectivity index (χ0v) is 14.9. The molecule has 1 aliphatic rings. The molecule has 0 saturated heterocycles. The van der Waals surface area contributed by atoms with Crippen LogP contribution >= 0.6 is 0 Å². The van der Waals surface area contributed by atoms with Gasteiger partial charge in [0.05, 0.1) is 17.3 Å². The number of nitrogens with zero attached hydrogens (tertiary/aromatic N) is 4. The Morgan fingerprint density at radius 1 is 1.19 bits per heavy atom. The van der Waals surface area contributed by atoms with E-state index in [9.17, 15) is 4.79 Å². The largest absolute Gasteiger partial charge is 0.310 e. The van der Waals surface area contributed by atoms with Crippen molar-refractivity contribution in [2.75, 3.05) is 5.32 Å². The number of amides is 1. The molecule has 6 heteroatoms. The third-order valence-corrected chi connectivity index (χ3v) is 4.71. The lowest BCUT2D eigenvalue weighted by Gasteiger charge is -2.23. The van der Waals surface area contributed by atoms with Gasteiger partial charge in [-0.1, -0.05) is 6.07 Å². The van der Waals surface area contributed by atoms with Gasteiger partial charge in [0.25, 0.3) is 0 Å². The Labute approximate surface area is 152 Å². The molecule has 3 aromatic heterocycles. The molecule has 0 aromatic carbocycles. The Kier molecular flexibility index (Phi) is 4.24. The Morgan fingerprint density at radius 2 is 2.08 bits per heavy atom. The van der Waals surface area contributed by atoms with Crippen LogP contribution < -0.4 is 5.32 Å². The highest BCUT2D eigenvalue weighted by atomic mass is 16.2. The van der Waals surface area contributed by atoms with E-state index in [4.69, 9.17) is 0 Å². The Hall–Kier alpha value is -3.02. The van der Waals surface area contributed by atoms with Crippen LogP contribution in [-0.2, 0) is 11.2 Å². The summed E-state index contributed by atoms with van der Waals surface area (Å²) in [6.45, 7) is 3.91. The second-order valence-corrected chi connectivity index (χ2v) is 6.76. The lowest BCUT2D eigenvalue weighted by Crippen LogP contribution is -2.26. The predicted molar refractivity (Wildman–Crippen MR) is 99.4 cm³/mol. The van der Waals surface area contributed by atoms with Gasteiger partial charge in [0.15, 0.2) is 5.82 Å². The summed E-state index contributed by atoms with van der Waals surface area (Å²) in [5, 5.41) is 7.53. The summed E-state index contributed by atoms with van der Waals surface area (Å²) in [5.74, 6) is 1.05. The molecule has 0 saturated carbocycles. The molecule has 0 bridgehead atoms. The fourth-order valence-electron chi connectivity index (χ4n) is 3.48. The first kappa shape index (κ1) is 16.4. The van der Waals surface area contributed by atoms with Gasteiger partial charge in [-0.15, -0.1) is 0 Å². The second-order valence-electron chi connectivity index (χ2n) is 6.76. The molecule has 0 radical (unpaired) electrons. The molecule has 1 unspecified atom stereocenters. The van der Waals surface area contributed by atoms with E-state index in [1.54, 1.807) is 17.1 Å². The van der Waals surface area contributed by atoms with Crippen LogP contribution in [0.25, 0.3) is 5.82 Å². The van der Waals surface area contributed by atoms with E-state index in [0.717, 1.165) is 36.2 Å². The van der Waals surface area contributed by atoms with Crippen molar-refractivity contribution in [3.63, 3.8) is 0 Å². The first-order valence-corrected chi connectivity index (χ1v) is 8.86. The molecule has 1 amide bonds. The zero-order valence-electron chi connectivity index (χ0n) is 14.9. The average Bonchev–Trinajstić information content (AvgIpc) is 3.01. The molecular formula is C20H21N5O. The molecule has 0 spiro atoms. The maximum Gasteiger partial charge on any atom is 0.234 e. The topological polar surface area (TPSA) is 72.7 Å². The predicted octanol–water partition coefficient (Wildman–Crippen LogP) is 3.34. The number of fused-ring (bicyclic) bond motifs is 1. The minimum Gasteiger partial charge on any atom is -0.310 e. The monoisotopic (exact) mass is 347 g/mol. The first-order valence-electron chi connectivity index (χ1n) is 8.86. The van der Waals surface area contributed by atoms with Crippen LogP contribution in [0.4, 0.5) is 5.82 Å². The van der Waals surface area contributed by atoms with Gasteiger partial charge in [0.1, 0.15) is 5.82 Å². The molecule has 1 atom stereocenters. The molecule has 6 nitrogen and oxygen atoms in total. The molecule has 0 fully saturated rings. The van der Waals surface area contributed by atoms with Crippen molar-refractivity contribution >= 4 is 11.7 Å². The lowest BCUT2D eigenvalue weighted by molar-refractivity contribution is -0.118. The molecule has 0 aliphatic heterocycles. The number of nitrogens with one attached hydrogen (secondary N) is 1. The fourth-order valence-corrected chi connectivity index (χ4v) is 3.48. The van der Waals surface area contributed by atoms with Gasteiger partial charge in [0.2, 0.25) is 5.91 Å². The Bertz CT molecular complexity index is 962. The quantitative estimate of drug-likeness (QED) is 0.789. The normalized spacial score (nSPS) is 16.2. The van der Waals surface area contributed by atoms with Crippen molar-refractivity contribution < 1.29 is 4.79 Å². The zero-order chi connectivity index (χ0) is 18.1. The second kappa shape index (κ2) is 6.71. The Balaban J connectivity index is 1.64. The maximum atomic E-state index is 13.0. The fraction of sp³-hybridized carbons (Fsp3) is 0.300. The minimum absolute atomic E-state index is 0.0431. The smallest absolute Gasteiger partial charge is 0.234 e. The lowest BCUT2D eigenvalue weighted by atomic mass is 9.86. The molecule has 26 heavy (non-hydrogen) atoms. The van der Waals surface area contributed by atoms with E-state index in [1.165, 1.54) is 5.56 Å². The van der Waals surface area contributed by atoms with Crippen molar-refractivity contribution in [2.45, 2.75) is 39.0 Å². The highest BCUT2D eigenvalue weighted by Gasteiger charge is 2.28. The van der Waals surface area contributed by atoms with E-state index < -0.39 is 0 Å². The van der Waals surface area contributed by atoms with Gasteiger partial charge in [-0.3, -0.25) is 9.78 Å². The number of anilines is 1. The summed E-state index contributed by atoms with van der Waals surface area (Å²) in [7, 11) is 0. The summed E-state index contributed by atoms with van der Waals surface area (Å²) in [5.41, 5.74) is 3.98. The van der Waals surface area contributed by atoms with E-state index in [-0.39, 0.29) is 11.8 Å². The summed E-state index contributed by atoms with van der Waals surface area (Å²) >= 11 is 0. The third kappa shape index (κ3) is 3.10. The van der Waals surface area contributed by atoms with Crippen molar-refractivity contribution in [3.05, 3.63) is 65.2 Å². The number of hydrogen-bond donors (Lipinski definition) is 1. The molecule has 132 valence electrons. The highest BCUT2D eigenvalue weighted by Crippen LogP contribution is 2.31. The molecular weight excluding hydrogens is 326 g/mol. The van der Waals surface area contributed by atoms with Crippen LogP contribution in [0.2, 0.25) is 0 Å². The summed E-state index contributed by atoms with van der Waals surface area (Å²) in [6.07, 6.45) is 6.29. The minimum atomic E-state index is -0.228. The summed E-state index contributed by atoms with van der Waals surface area (Å²) in [6, 6.07) is 9.74. The van der Waals surface area contributed by atoms with Gasteiger partial charge < -0.3 is 5.32 Å². The number of rotatable bonds is 3. The van der Waals surface area contributed by atoms with E-state index >= 15 is 0 Å². The number of aryl methyl sites for hydroxylation is 3. The first-order chi connectivity index (χ1) is 12.6. The van der Waals surface area contributed by atoms with Crippen LogP contribution in [0, 0.1) is 13.8 Å². The molecule has 4 rings (SSSR count). The van der Waals surface area contributed by atoms with E-state index in [1.807, 2.05) is 38.1 Å². The van der Waals surface area contributed by atoms with Crippen molar-refractivity contribution in [2.24, 2.45) is 0 Å². The molecule has 1 aliphatic carbocycles. The van der Waals surface area contributed by atoms with Crippen molar-refractivity contribution in [1.82, 2.24) is 19.7 Å². The van der Waals surface area contributed by atoms with Crippen molar-refractivity contribution in [1.29, 1.82) is 0 Å². The Morgan fingerprint density at radius 3 is 2.92 bits per heavy atom. The highest BCUT2D eigenvalue weighted by molar-refractivity contribution is 5.95. The standard InChI is InChI=1S/C20H21N5O/c1-13-8-10-21-17(11-13)25-18(12-14(2)24-25)23-20(26)16-7-3-5-15-6-4-9-22-19(15)16/h4,6,8-12,16H,3,5,7H2,1-2H3,(H,23,26). The van der Waals surface area contributed by atoms with Crippen LogP contribution in [-0.4, -0.2) is 25.7 Å².